The normalized spacial score (nSPS) is 11.3. The minimum Gasteiger partial charge on any atom is -0.341 e. The van der Waals surface area contributed by atoms with Gasteiger partial charge >= 0.3 is 0 Å². The largest absolute Gasteiger partial charge is 0.341 e. The number of halogens is 1. The second-order valence-electron chi connectivity index (χ2n) is 2.73. The Balaban J connectivity index is 4.22. The summed E-state index contributed by atoms with van der Waals surface area (Å²) in [6.07, 6.45) is 1.04. The van der Waals surface area contributed by atoms with Crippen LogP contribution in [0.1, 0.15) is 6.92 Å². The molecule has 0 aromatic rings. The monoisotopic (exact) mass is 227 g/mol. The lowest BCUT2D eigenvalue weighted by Gasteiger charge is -2.18. The number of sulfone groups is 1. The standard InChI is InChI=1S/C7H14ClNO3S/c1-3-9(5-4-8)7(10)6-13(2,11)12/h3-6H2,1-2H3. The molecule has 0 saturated carbocycles. The van der Waals surface area contributed by atoms with Crippen molar-refractivity contribution in [1.29, 1.82) is 0 Å². The van der Waals surface area contributed by atoms with E-state index in [9.17, 15) is 13.2 Å². The average Bonchev–Trinajstić information content (AvgIpc) is 1.96. The van der Waals surface area contributed by atoms with Crippen molar-refractivity contribution in [3.05, 3.63) is 0 Å². The second kappa shape index (κ2) is 5.44. The molecular weight excluding hydrogens is 214 g/mol. The fourth-order valence-corrected chi connectivity index (χ4v) is 1.71. The van der Waals surface area contributed by atoms with E-state index < -0.39 is 15.6 Å². The Labute approximate surface area is 83.8 Å². The van der Waals surface area contributed by atoms with Crippen LogP contribution in [0.15, 0.2) is 0 Å². The van der Waals surface area contributed by atoms with E-state index >= 15 is 0 Å². The van der Waals surface area contributed by atoms with E-state index in [1.807, 2.05) is 0 Å². The Morgan fingerprint density at radius 1 is 1.46 bits per heavy atom. The van der Waals surface area contributed by atoms with Crippen molar-refractivity contribution >= 4 is 27.3 Å². The highest BCUT2D eigenvalue weighted by Gasteiger charge is 2.16. The summed E-state index contributed by atoms with van der Waals surface area (Å²) in [5.41, 5.74) is 0. The molecule has 0 fully saturated rings. The molecule has 0 bridgehead atoms. The quantitative estimate of drug-likeness (QED) is 0.627. The predicted octanol–water partition coefficient (Wildman–Crippen LogP) is 0.118. The maximum Gasteiger partial charge on any atom is 0.237 e. The molecule has 78 valence electrons. The van der Waals surface area contributed by atoms with Gasteiger partial charge in [0.25, 0.3) is 0 Å². The molecule has 0 heterocycles. The van der Waals surface area contributed by atoms with Crippen molar-refractivity contribution in [2.45, 2.75) is 6.92 Å². The third-order valence-electron chi connectivity index (χ3n) is 1.47. The van der Waals surface area contributed by atoms with Crippen molar-refractivity contribution in [1.82, 2.24) is 4.90 Å². The number of rotatable bonds is 5. The molecule has 13 heavy (non-hydrogen) atoms. The molecule has 1 amide bonds. The Morgan fingerprint density at radius 3 is 2.31 bits per heavy atom. The molecule has 4 nitrogen and oxygen atoms in total. The third-order valence-corrected chi connectivity index (χ3v) is 2.41. The van der Waals surface area contributed by atoms with Crippen LogP contribution in [0.25, 0.3) is 0 Å². The number of alkyl halides is 1. The van der Waals surface area contributed by atoms with Gasteiger partial charge in [-0.05, 0) is 6.92 Å². The molecule has 0 radical (unpaired) electrons. The van der Waals surface area contributed by atoms with Gasteiger partial charge < -0.3 is 4.90 Å². The summed E-state index contributed by atoms with van der Waals surface area (Å²) >= 11 is 5.45. The van der Waals surface area contributed by atoms with Crippen molar-refractivity contribution in [2.24, 2.45) is 0 Å². The van der Waals surface area contributed by atoms with E-state index in [-0.39, 0.29) is 5.91 Å². The third kappa shape index (κ3) is 5.87. The zero-order valence-corrected chi connectivity index (χ0v) is 9.36. The topological polar surface area (TPSA) is 54.5 Å². The molecule has 0 spiro atoms. The molecule has 0 atom stereocenters. The van der Waals surface area contributed by atoms with Gasteiger partial charge in [-0.2, -0.15) is 0 Å². The number of hydrogen-bond donors (Lipinski definition) is 0. The summed E-state index contributed by atoms with van der Waals surface area (Å²) in [4.78, 5) is 12.7. The summed E-state index contributed by atoms with van der Waals surface area (Å²) in [5.74, 6) is -0.494. The van der Waals surface area contributed by atoms with Gasteiger partial charge in [0.05, 0.1) is 0 Å². The second-order valence-corrected chi connectivity index (χ2v) is 5.25. The molecule has 0 unspecified atom stereocenters. The Morgan fingerprint density at radius 2 is 2.00 bits per heavy atom. The van der Waals surface area contributed by atoms with Crippen LogP contribution in [0.5, 0.6) is 0 Å². The van der Waals surface area contributed by atoms with Gasteiger partial charge in [0.1, 0.15) is 5.75 Å². The van der Waals surface area contributed by atoms with Crippen LogP contribution in [-0.4, -0.2) is 50.2 Å². The molecule has 0 aliphatic carbocycles. The number of hydrogen-bond acceptors (Lipinski definition) is 3. The van der Waals surface area contributed by atoms with Crippen molar-refractivity contribution in [2.75, 3.05) is 31.0 Å². The van der Waals surface area contributed by atoms with Gasteiger partial charge in [0, 0.05) is 25.2 Å². The maximum absolute atomic E-state index is 11.3. The summed E-state index contributed by atoms with van der Waals surface area (Å²) in [5, 5.41) is 0. The summed E-state index contributed by atoms with van der Waals surface area (Å²) in [6.45, 7) is 2.67. The first kappa shape index (κ1) is 12.7. The molecule has 0 aromatic carbocycles. The van der Waals surface area contributed by atoms with Crippen LogP contribution < -0.4 is 0 Å². The van der Waals surface area contributed by atoms with E-state index in [1.165, 1.54) is 4.90 Å². The Kier molecular flexibility index (Phi) is 5.32. The first-order valence-corrected chi connectivity index (χ1v) is 6.51. The van der Waals surface area contributed by atoms with Gasteiger partial charge in [-0.3, -0.25) is 4.79 Å². The molecule has 0 aliphatic rings. The number of carbonyl (C=O) groups excluding carboxylic acids is 1. The van der Waals surface area contributed by atoms with Gasteiger partial charge in [0.2, 0.25) is 5.91 Å². The summed E-state index contributed by atoms with van der Waals surface area (Å²) in [6, 6.07) is 0. The minimum absolute atomic E-state index is 0.323. The smallest absolute Gasteiger partial charge is 0.237 e. The zero-order valence-electron chi connectivity index (χ0n) is 7.79. The SMILES string of the molecule is CCN(CCCl)C(=O)CS(C)(=O)=O. The first-order valence-electron chi connectivity index (χ1n) is 3.92. The van der Waals surface area contributed by atoms with Crippen LogP contribution in [0.4, 0.5) is 0 Å². The van der Waals surface area contributed by atoms with E-state index in [2.05, 4.69) is 0 Å². The maximum atomic E-state index is 11.3. The molecule has 0 aliphatic heterocycles. The Hall–Kier alpha value is -0.290. The van der Waals surface area contributed by atoms with Gasteiger partial charge in [-0.25, -0.2) is 8.42 Å². The fraction of sp³-hybridized carbons (Fsp3) is 0.857. The molecule has 0 rings (SSSR count). The van der Waals surface area contributed by atoms with Crippen LogP contribution in [0.2, 0.25) is 0 Å². The number of carbonyl (C=O) groups is 1. The lowest BCUT2D eigenvalue weighted by Crippen LogP contribution is -2.36. The molecule has 6 heteroatoms. The fourth-order valence-electron chi connectivity index (χ4n) is 0.877. The predicted molar refractivity (Wildman–Crippen MR) is 52.7 cm³/mol. The van der Waals surface area contributed by atoms with E-state index in [0.29, 0.717) is 19.0 Å². The van der Waals surface area contributed by atoms with E-state index in [0.717, 1.165) is 6.26 Å². The highest BCUT2D eigenvalue weighted by Crippen LogP contribution is 1.94. The van der Waals surface area contributed by atoms with Crippen LogP contribution in [0.3, 0.4) is 0 Å². The average molecular weight is 228 g/mol. The molecule has 0 aromatic heterocycles. The minimum atomic E-state index is -3.23. The molecule has 0 saturated heterocycles. The van der Waals surface area contributed by atoms with Gasteiger partial charge in [-0.15, -0.1) is 11.6 Å². The van der Waals surface area contributed by atoms with Crippen LogP contribution in [0, 0.1) is 0 Å². The van der Waals surface area contributed by atoms with Crippen LogP contribution in [-0.2, 0) is 14.6 Å². The van der Waals surface area contributed by atoms with Crippen molar-refractivity contribution < 1.29 is 13.2 Å². The lowest BCUT2D eigenvalue weighted by molar-refractivity contribution is -0.128. The lowest BCUT2D eigenvalue weighted by atomic mass is 10.5. The highest BCUT2D eigenvalue weighted by molar-refractivity contribution is 7.91. The van der Waals surface area contributed by atoms with Crippen LogP contribution >= 0.6 is 11.6 Å². The number of amides is 1. The van der Waals surface area contributed by atoms with Crippen molar-refractivity contribution in [3.8, 4) is 0 Å². The first-order chi connectivity index (χ1) is 5.90. The molecular formula is C7H14ClNO3S. The Bertz CT molecular complexity index is 263. The van der Waals surface area contributed by atoms with Crippen molar-refractivity contribution in [3.63, 3.8) is 0 Å². The number of nitrogens with zero attached hydrogens (tertiary/aromatic N) is 1. The summed E-state index contributed by atoms with van der Waals surface area (Å²) < 4.78 is 21.6. The molecule has 0 N–H and O–H groups in total. The summed E-state index contributed by atoms with van der Waals surface area (Å²) in [7, 11) is -3.23. The highest BCUT2D eigenvalue weighted by atomic mass is 35.5. The van der Waals surface area contributed by atoms with Gasteiger partial charge in [-0.1, -0.05) is 0 Å². The van der Waals surface area contributed by atoms with E-state index in [4.69, 9.17) is 11.6 Å². The van der Waals surface area contributed by atoms with Gasteiger partial charge in [0.15, 0.2) is 9.84 Å². The zero-order chi connectivity index (χ0) is 10.5. The van der Waals surface area contributed by atoms with E-state index in [1.54, 1.807) is 6.92 Å².